The van der Waals surface area contributed by atoms with Crippen molar-refractivity contribution in [1.29, 1.82) is 0 Å². The highest BCUT2D eigenvalue weighted by Gasteiger charge is 2.30. The summed E-state index contributed by atoms with van der Waals surface area (Å²) in [6.07, 6.45) is -0.511. The van der Waals surface area contributed by atoms with E-state index >= 15 is 0 Å². The SMILES string of the molecule is O=C(O)[C@@H]1Cc2ccc(Cl)c(Cl)c2O1. The van der Waals surface area contributed by atoms with Gasteiger partial charge in [0.25, 0.3) is 0 Å². The average molecular weight is 233 g/mol. The van der Waals surface area contributed by atoms with Gasteiger partial charge >= 0.3 is 5.97 Å². The summed E-state index contributed by atoms with van der Waals surface area (Å²) in [5.74, 6) is -0.597. The fraction of sp³-hybridized carbons (Fsp3) is 0.222. The molecule has 0 fully saturated rings. The van der Waals surface area contributed by atoms with E-state index in [1.54, 1.807) is 12.1 Å². The topological polar surface area (TPSA) is 46.5 Å². The molecule has 1 aromatic rings. The summed E-state index contributed by atoms with van der Waals surface area (Å²) in [6, 6.07) is 3.36. The number of ether oxygens (including phenoxy) is 1. The van der Waals surface area contributed by atoms with E-state index in [0.29, 0.717) is 17.2 Å². The van der Waals surface area contributed by atoms with Gasteiger partial charge in [0.1, 0.15) is 10.8 Å². The molecule has 0 amide bonds. The molecule has 1 aliphatic heterocycles. The monoisotopic (exact) mass is 232 g/mol. The van der Waals surface area contributed by atoms with Crippen LogP contribution in [0.3, 0.4) is 0 Å². The number of aliphatic carboxylic acids is 1. The molecular formula is C9H6Cl2O3. The van der Waals surface area contributed by atoms with Gasteiger partial charge in [-0.05, 0) is 6.07 Å². The molecule has 0 saturated heterocycles. The lowest BCUT2D eigenvalue weighted by molar-refractivity contribution is -0.144. The lowest BCUT2D eigenvalue weighted by Crippen LogP contribution is -2.24. The minimum atomic E-state index is -0.992. The predicted molar refractivity (Wildman–Crippen MR) is 52.2 cm³/mol. The van der Waals surface area contributed by atoms with Crippen molar-refractivity contribution in [2.75, 3.05) is 0 Å². The van der Waals surface area contributed by atoms with Gasteiger partial charge in [-0.2, -0.15) is 0 Å². The quantitative estimate of drug-likeness (QED) is 0.809. The first-order valence-corrected chi connectivity index (χ1v) is 4.71. The molecule has 0 unspecified atom stereocenters. The smallest absolute Gasteiger partial charge is 0.345 e. The molecule has 0 spiro atoms. The Morgan fingerprint density at radius 3 is 2.86 bits per heavy atom. The molecule has 0 aliphatic carbocycles. The highest BCUT2D eigenvalue weighted by Crippen LogP contribution is 2.40. The van der Waals surface area contributed by atoms with E-state index in [2.05, 4.69) is 0 Å². The van der Waals surface area contributed by atoms with Crippen LogP contribution < -0.4 is 4.74 Å². The number of benzene rings is 1. The van der Waals surface area contributed by atoms with Crippen LogP contribution in [0.5, 0.6) is 5.75 Å². The minimum Gasteiger partial charge on any atom is -0.478 e. The largest absolute Gasteiger partial charge is 0.478 e. The van der Waals surface area contributed by atoms with Gasteiger partial charge in [-0.25, -0.2) is 4.79 Å². The van der Waals surface area contributed by atoms with Gasteiger partial charge in [0.15, 0.2) is 6.10 Å². The Labute approximate surface area is 90.2 Å². The van der Waals surface area contributed by atoms with Crippen molar-refractivity contribution in [2.45, 2.75) is 12.5 Å². The number of fused-ring (bicyclic) bond motifs is 1. The Bertz CT molecular complexity index is 403. The maximum absolute atomic E-state index is 10.7. The van der Waals surface area contributed by atoms with Crippen LogP contribution in [0.15, 0.2) is 12.1 Å². The van der Waals surface area contributed by atoms with Crippen molar-refractivity contribution in [2.24, 2.45) is 0 Å². The van der Waals surface area contributed by atoms with Crippen molar-refractivity contribution in [3.63, 3.8) is 0 Å². The third kappa shape index (κ3) is 1.42. The van der Waals surface area contributed by atoms with Gasteiger partial charge in [-0.3, -0.25) is 0 Å². The van der Waals surface area contributed by atoms with Crippen LogP contribution in [0.4, 0.5) is 0 Å². The van der Waals surface area contributed by atoms with Gasteiger partial charge in [-0.15, -0.1) is 0 Å². The first-order valence-electron chi connectivity index (χ1n) is 3.96. The maximum atomic E-state index is 10.7. The molecule has 1 N–H and O–H groups in total. The molecule has 0 bridgehead atoms. The maximum Gasteiger partial charge on any atom is 0.345 e. The van der Waals surface area contributed by atoms with E-state index in [0.717, 1.165) is 5.56 Å². The fourth-order valence-corrected chi connectivity index (χ4v) is 1.76. The van der Waals surface area contributed by atoms with Gasteiger partial charge in [0.2, 0.25) is 0 Å². The molecule has 0 radical (unpaired) electrons. The highest BCUT2D eigenvalue weighted by atomic mass is 35.5. The predicted octanol–water partition coefficient (Wildman–Crippen LogP) is 2.38. The van der Waals surface area contributed by atoms with Crippen molar-refractivity contribution >= 4 is 29.2 Å². The molecule has 2 rings (SSSR count). The molecule has 1 aromatic carbocycles. The molecule has 14 heavy (non-hydrogen) atoms. The third-order valence-corrected chi connectivity index (χ3v) is 2.86. The zero-order chi connectivity index (χ0) is 10.3. The summed E-state index contributed by atoms with van der Waals surface area (Å²) in [5, 5.41) is 9.40. The van der Waals surface area contributed by atoms with Crippen LogP contribution in [-0.4, -0.2) is 17.2 Å². The van der Waals surface area contributed by atoms with Crippen LogP contribution in [0, 0.1) is 0 Å². The van der Waals surface area contributed by atoms with E-state index in [-0.39, 0.29) is 5.02 Å². The number of carboxylic acid groups (broad SMARTS) is 1. The summed E-state index contributed by atoms with van der Waals surface area (Å²) in [7, 11) is 0. The summed E-state index contributed by atoms with van der Waals surface area (Å²) in [4.78, 5) is 10.7. The Hall–Kier alpha value is -0.930. The lowest BCUT2D eigenvalue weighted by atomic mass is 10.1. The molecule has 74 valence electrons. The summed E-state index contributed by atoms with van der Waals surface area (Å²) in [6.45, 7) is 0. The molecule has 5 heteroatoms. The molecule has 1 aliphatic rings. The van der Waals surface area contributed by atoms with Gasteiger partial charge in [-0.1, -0.05) is 29.3 Å². The number of hydrogen-bond acceptors (Lipinski definition) is 2. The lowest BCUT2D eigenvalue weighted by Gasteiger charge is -2.05. The third-order valence-electron chi connectivity index (χ3n) is 2.07. The van der Waals surface area contributed by atoms with Crippen LogP contribution in [0.1, 0.15) is 5.56 Å². The number of carboxylic acids is 1. The van der Waals surface area contributed by atoms with Crippen LogP contribution >= 0.6 is 23.2 Å². The van der Waals surface area contributed by atoms with E-state index in [1.165, 1.54) is 0 Å². The van der Waals surface area contributed by atoms with E-state index in [1.807, 2.05) is 0 Å². The fourth-order valence-electron chi connectivity index (χ4n) is 1.38. The minimum absolute atomic E-state index is 0.285. The van der Waals surface area contributed by atoms with Crippen LogP contribution in [-0.2, 0) is 11.2 Å². The summed E-state index contributed by atoms with van der Waals surface area (Å²) < 4.78 is 5.16. The van der Waals surface area contributed by atoms with Crippen molar-refractivity contribution in [3.05, 3.63) is 27.7 Å². The van der Waals surface area contributed by atoms with Gasteiger partial charge < -0.3 is 9.84 Å². The zero-order valence-corrected chi connectivity index (χ0v) is 8.47. The van der Waals surface area contributed by atoms with Crippen LogP contribution in [0.25, 0.3) is 0 Å². The first kappa shape index (κ1) is 9.62. The Kier molecular flexibility index (Phi) is 2.29. The zero-order valence-electron chi connectivity index (χ0n) is 6.96. The molecule has 0 aromatic heterocycles. The second-order valence-corrected chi connectivity index (χ2v) is 3.78. The van der Waals surface area contributed by atoms with Crippen LogP contribution in [0.2, 0.25) is 10.0 Å². The number of carbonyl (C=O) groups is 1. The molecular weight excluding hydrogens is 227 g/mol. The normalized spacial score (nSPS) is 18.9. The standard InChI is InChI=1S/C9H6Cl2O3/c10-5-2-1-4-3-6(9(12)13)14-8(4)7(5)11/h1-2,6H,3H2,(H,12,13)/t6-/m0/s1. The molecule has 1 atom stereocenters. The number of halogens is 2. The number of hydrogen-bond donors (Lipinski definition) is 1. The Morgan fingerprint density at radius 1 is 1.50 bits per heavy atom. The second-order valence-electron chi connectivity index (χ2n) is 3.00. The van der Waals surface area contributed by atoms with Crippen molar-refractivity contribution in [3.8, 4) is 5.75 Å². The van der Waals surface area contributed by atoms with E-state index < -0.39 is 12.1 Å². The second kappa shape index (κ2) is 3.33. The summed E-state index contributed by atoms with van der Waals surface area (Å²) >= 11 is 11.6. The van der Waals surface area contributed by atoms with Gasteiger partial charge in [0.05, 0.1) is 5.02 Å². The highest BCUT2D eigenvalue weighted by molar-refractivity contribution is 6.43. The average Bonchev–Trinajstić information content (AvgIpc) is 2.56. The molecule has 3 nitrogen and oxygen atoms in total. The molecule has 1 heterocycles. The number of rotatable bonds is 1. The van der Waals surface area contributed by atoms with Crippen molar-refractivity contribution < 1.29 is 14.6 Å². The summed E-state index contributed by atoms with van der Waals surface area (Å²) in [5.41, 5.74) is 0.784. The van der Waals surface area contributed by atoms with E-state index in [9.17, 15) is 4.79 Å². The first-order chi connectivity index (χ1) is 6.59. The Morgan fingerprint density at radius 2 is 2.21 bits per heavy atom. The van der Waals surface area contributed by atoms with Crippen molar-refractivity contribution in [1.82, 2.24) is 0 Å². The van der Waals surface area contributed by atoms with Gasteiger partial charge in [0, 0.05) is 12.0 Å². The Balaban J connectivity index is 2.40. The van der Waals surface area contributed by atoms with E-state index in [4.69, 9.17) is 33.0 Å². The molecule has 0 saturated carbocycles.